The molecule has 3 amide bonds. The molecule has 5 heteroatoms. The number of nitrogens with zero attached hydrogens (tertiary/aromatic N) is 1. The zero-order valence-corrected chi connectivity index (χ0v) is 11.9. The molecule has 0 aromatic heterocycles. The van der Waals surface area contributed by atoms with E-state index < -0.39 is 17.4 Å². The maximum absolute atomic E-state index is 12.4. The maximum Gasteiger partial charge on any atom is 0.252 e. The fourth-order valence-corrected chi connectivity index (χ4v) is 2.28. The predicted molar refractivity (Wildman–Crippen MR) is 73.8 cm³/mol. The number of benzene rings is 1. The van der Waals surface area contributed by atoms with E-state index in [1.807, 2.05) is 31.2 Å². The highest BCUT2D eigenvalue weighted by Gasteiger charge is 2.43. The summed E-state index contributed by atoms with van der Waals surface area (Å²) >= 11 is 0. The van der Waals surface area contributed by atoms with Crippen molar-refractivity contribution in [1.29, 1.82) is 0 Å². The van der Waals surface area contributed by atoms with Gasteiger partial charge in [0.15, 0.2) is 0 Å². The van der Waals surface area contributed by atoms with Crippen molar-refractivity contribution in [2.75, 3.05) is 6.54 Å². The minimum Gasteiger partial charge on any atom is -0.319 e. The fourth-order valence-electron chi connectivity index (χ4n) is 2.28. The Balaban J connectivity index is 2.19. The highest BCUT2D eigenvalue weighted by atomic mass is 16.2. The third-order valence-electron chi connectivity index (χ3n) is 3.52. The molecule has 1 aromatic carbocycles. The molecular formula is C15H18N2O3. The molecule has 1 aliphatic rings. The van der Waals surface area contributed by atoms with Crippen LogP contribution in [0.15, 0.2) is 24.3 Å². The first kappa shape index (κ1) is 14.2. The third kappa shape index (κ3) is 2.71. The van der Waals surface area contributed by atoms with Crippen molar-refractivity contribution in [2.24, 2.45) is 0 Å². The highest BCUT2D eigenvalue weighted by Crippen LogP contribution is 2.19. The first-order valence-electron chi connectivity index (χ1n) is 6.51. The molecule has 0 atom stereocenters. The van der Waals surface area contributed by atoms with Crippen LogP contribution >= 0.6 is 0 Å². The largest absolute Gasteiger partial charge is 0.319 e. The monoisotopic (exact) mass is 274 g/mol. The Kier molecular flexibility index (Phi) is 3.61. The fraction of sp³-hybridized carbons (Fsp3) is 0.400. The summed E-state index contributed by atoms with van der Waals surface area (Å²) in [4.78, 5) is 37.0. The number of nitrogens with one attached hydrogen (secondary N) is 1. The third-order valence-corrected chi connectivity index (χ3v) is 3.52. The van der Waals surface area contributed by atoms with Crippen LogP contribution < -0.4 is 5.32 Å². The number of carbonyl (C=O) groups is 3. The highest BCUT2D eigenvalue weighted by molar-refractivity contribution is 6.06. The molecule has 0 radical (unpaired) electrons. The molecule has 1 aromatic rings. The van der Waals surface area contributed by atoms with Crippen LogP contribution in [0.2, 0.25) is 0 Å². The van der Waals surface area contributed by atoms with Crippen molar-refractivity contribution in [3.63, 3.8) is 0 Å². The number of amides is 3. The molecule has 1 aliphatic heterocycles. The van der Waals surface area contributed by atoms with E-state index in [-0.39, 0.29) is 18.9 Å². The molecular weight excluding hydrogens is 256 g/mol. The lowest BCUT2D eigenvalue weighted by molar-refractivity contribution is -0.155. The van der Waals surface area contributed by atoms with Gasteiger partial charge in [0.05, 0.1) is 6.42 Å². The van der Waals surface area contributed by atoms with Gasteiger partial charge in [-0.2, -0.15) is 0 Å². The van der Waals surface area contributed by atoms with Gasteiger partial charge in [0.25, 0.3) is 5.91 Å². The second-order valence-electron chi connectivity index (χ2n) is 5.58. The van der Waals surface area contributed by atoms with Gasteiger partial charge in [-0.25, -0.2) is 0 Å². The van der Waals surface area contributed by atoms with Gasteiger partial charge in [0.2, 0.25) is 11.8 Å². The molecule has 0 spiro atoms. The minimum absolute atomic E-state index is 0.0800. The number of aryl methyl sites for hydroxylation is 1. The molecule has 2 rings (SSSR count). The van der Waals surface area contributed by atoms with E-state index in [2.05, 4.69) is 5.32 Å². The molecule has 5 nitrogen and oxygen atoms in total. The van der Waals surface area contributed by atoms with Gasteiger partial charge < -0.3 is 4.90 Å². The van der Waals surface area contributed by atoms with Gasteiger partial charge in [-0.1, -0.05) is 29.8 Å². The van der Waals surface area contributed by atoms with Crippen molar-refractivity contribution in [3.05, 3.63) is 35.4 Å². The molecule has 0 saturated carbocycles. The van der Waals surface area contributed by atoms with Crippen LogP contribution in [0.3, 0.4) is 0 Å². The molecule has 20 heavy (non-hydrogen) atoms. The summed E-state index contributed by atoms with van der Waals surface area (Å²) in [7, 11) is 0. The Morgan fingerprint density at radius 3 is 2.70 bits per heavy atom. The Bertz CT molecular complexity index is 578. The van der Waals surface area contributed by atoms with Gasteiger partial charge >= 0.3 is 0 Å². The second kappa shape index (κ2) is 5.07. The molecule has 0 aliphatic carbocycles. The summed E-state index contributed by atoms with van der Waals surface area (Å²) < 4.78 is 0. The smallest absolute Gasteiger partial charge is 0.252 e. The van der Waals surface area contributed by atoms with Crippen molar-refractivity contribution in [1.82, 2.24) is 10.2 Å². The number of hydrogen-bond acceptors (Lipinski definition) is 3. The van der Waals surface area contributed by atoms with Crippen LogP contribution in [0.5, 0.6) is 0 Å². The Hall–Kier alpha value is -2.17. The average Bonchev–Trinajstić information content (AvgIpc) is 2.34. The van der Waals surface area contributed by atoms with Gasteiger partial charge in [-0.15, -0.1) is 0 Å². The molecule has 0 unspecified atom stereocenters. The molecule has 1 N–H and O–H groups in total. The number of imide groups is 1. The van der Waals surface area contributed by atoms with Crippen molar-refractivity contribution >= 4 is 17.7 Å². The molecule has 1 saturated heterocycles. The van der Waals surface area contributed by atoms with Gasteiger partial charge in [-0.3, -0.25) is 19.7 Å². The average molecular weight is 274 g/mol. The first-order valence-corrected chi connectivity index (χ1v) is 6.51. The van der Waals surface area contributed by atoms with Gasteiger partial charge in [0.1, 0.15) is 12.1 Å². The summed E-state index contributed by atoms with van der Waals surface area (Å²) in [5.74, 6) is -1.10. The molecule has 1 fully saturated rings. The SMILES string of the molecule is Cc1cccc(CC(=O)N2CC(=O)NC(=O)C2(C)C)c1. The first-order chi connectivity index (χ1) is 9.30. The summed E-state index contributed by atoms with van der Waals surface area (Å²) in [5, 5.41) is 2.26. The van der Waals surface area contributed by atoms with Gasteiger partial charge in [-0.05, 0) is 26.3 Å². The van der Waals surface area contributed by atoms with Crippen LogP contribution in [0.25, 0.3) is 0 Å². The lowest BCUT2D eigenvalue weighted by Crippen LogP contribution is -2.65. The standard InChI is InChI=1S/C15H18N2O3/c1-10-5-4-6-11(7-10)8-13(19)17-9-12(18)16-14(20)15(17,2)3/h4-7H,8-9H2,1-3H3,(H,16,18,20). The van der Waals surface area contributed by atoms with Crippen LogP contribution in [-0.4, -0.2) is 34.7 Å². The predicted octanol–water partition coefficient (Wildman–Crippen LogP) is 0.801. The van der Waals surface area contributed by atoms with Crippen molar-refractivity contribution in [3.8, 4) is 0 Å². The normalized spacial score (nSPS) is 17.9. The summed E-state index contributed by atoms with van der Waals surface area (Å²) in [6.45, 7) is 5.16. The minimum atomic E-state index is -1.01. The van der Waals surface area contributed by atoms with Crippen LogP contribution in [0.4, 0.5) is 0 Å². The van der Waals surface area contributed by atoms with E-state index >= 15 is 0 Å². The molecule has 1 heterocycles. The topological polar surface area (TPSA) is 66.5 Å². The summed E-state index contributed by atoms with van der Waals surface area (Å²) in [6, 6.07) is 7.63. The van der Waals surface area contributed by atoms with E-state index in [0.717, 1.165) is 11.1 Å². The Morgan fingerprint density at radius 1 is 1.35 bits per heavy atom. The van der Waals surface area contributed by atoms with Crippen molar-refractivity contribution < 1.29 is 14.4 Å². The van der Waals surface area contributed by atoms with E-state index in [1.165, 1.54) is 4.90 Å². The zero-order valence-electron chi connectivity index (χ0n) is 11.9. The number of piperazine rings is 1. The quantitative estimate of drug-likeness (QED) is 0.811. The lowest BCUT2D eigenvalue weighted by Gasteiger charge is -2.40. The molecule has 0 bridgehead atoms. The van der Waals surface area contributed by atoms with E-state index in [1.54, 1.807) is 13.8 Å². The maximum atomic E-state index is 12.4. The summed E-state index contributed by atoms with van der Waals surface area (Å²) in [5.41, 5.74) is 0.945. The Morgan fingerprint density at radius 2 is 2.05 bits per heavy atom. The van der Waals surface area contributed by atoms with Crippen LogP contribution in [0.1, 0.15) is 25.0 Å². The summed E-state index contributed by atoms with van der Waals surface area (Å²) in [6.07, 6.45) is 0.186. The van der Waals surface area contributed by atoms with Crippen molar-refractivity contribution in [2.45, 2.75) is 32.7 Å². The lowest BCUT2D eigenvalue weighted by atomic mass is 9.97. The van der Waals surface area contributed by atoms with Crippen LogP contribution in [0, 0.1) is 6.92 Å². The zero-order chi connectivity index (χ0) is 14.9. The van der Waals surface area contributed by atoms with E-state index in [0.29, 0.717) is 0 Å². The number of rotatable bonds is 2. The van der Waals surface area contributed by atoms with E-state index in [4.69, 9.17) is 0 Å². The Labute approximate surface area is 118 Å². The second-order valence-corrected chi connectivity index (χ2v) is 5.58. The van der Waals surface area contributed by atoms with E-state index in [9.17, 15) is 14.4 Å². The number of hydrogen-bond donors (Lipinski definition) is 1. The van der Waals surface area contributed by atoms with Crippen LogP contribution in [-0.2, 0) is 20.8 Å². The number of carbonyl (C=O) groups excluding carboxylic acids is 3. The van der Waals surface area contributed by atoms with Gasteiger partial charge in [0, 0.05) is 0 Å². The molecule has 106 valence electrons.